The number of fused-ring (bicyclic) bond motifs is 2. The summed E-state index contributed by atoms with van der Waals surface area (Å²) in [5.74, 6) is -0.301. The highest BCUT2D eigenvalue weighted by Gasteiger charge is 2.28. The van der Waals surface area contributed by atoms with Crippen LogP contribution >= 0.6 is 0 Å². The monoisotopic (exact) mass is 252 g/mol. The summed E-state index contributed by atoms with van der Waals surface area (Å²) in [6.45, 7) is 1.90. The second-order valence-corrected chi connectivity index (χ2v) is 4.88. The Kier molecular flexibility index (Phi) is 4.55. The molecule has 0 aliphatic carbocycles. The minimum atomic E-state index is -0.736. The Morgan fingerprint density at radius 3 is 3.00 bits per heavy atom. The Bertz CT molecular complexity index is 348. The zero-order valence-corrected chi connectivity index (χ0v) is 10.6. The minimum absolute atomic E-state index is 0.0719. The van der Waals surface area contributed by atoms with E-state index in [1.165, 1.54) is 0 Å². The van der Waals surface area contributed by atoms with Crippen molar-refractivity contribution in [2.24, 2.45) is 0 Å². The average Bonchev–Trinajstić information content (AvgIpc) is 2.31. The molecule has 0 saturated heterocycles. The smallest absolute Gasteiger partial charge is 0.308 e. The molecule has 2 aliphatic rings. The number of esters is 1. The first kappa shape index (κ1) is 13.3. The molecule has 18 heavy (non-hydrogen) atoms. The maximum atomic E-state index is 11.7. The summed E-state index contributed by atoms with van der Waals surface area (Å²) >= 11 is 0. The summed E-state index contributed by atoms with van der Waals surface area (Å²) in [4.78, 5) is 11.7. The van der Waals surface area contributed by atoms with Crippen LogP contribution in [0.3, 0.4) is 0 Å². The second-order valence-electron chi connectivity index (χ2n) is 4.88. The third kappa shape index (κ3) is 3.68. The Balaban J connectivity index is 2.08. The van der Waals surface area contributed by atoms with E-state index in [9.17, 15) is 9.90 Å². The summed E-state index contributed by atoms with van der Waals surface area (Å²) in [5.41, 5.74) is 0. The van der Waals surface area contributed by atoms with Crippen molar-refractivity contribution in [3.05, 3.63) is 24.3 Å². The Morgan fingerprint density at radius 2 is 2.17 bits per heavy atom. The zero-order valence-electron chi connectivity index (χ0n) is 10.6. The van der Waals surface area contributed by atoms with Crippen molar-refractivity contribution >= 4 is 5.97 Å². The van der Waals surface area contributed by atoms with Crippen LogP contribution in [0.5, 0.6) is 0 Å². The van der Waals surface area contributed by atoms with Crippen molar-refractivity contribution in [2.45, 2.75) is 57.0 Å². The third-order valence-electron chi connectivity index (χ3n) is 3.22. The van der Waals surface area contributed by atoms with Crippen molar-refractivity contribution in [2.75, 3.05) is 0 Å². The molecule has 1 N–H and O–H groups in total. The fourth-order valence-corrected chi connectivity index (χ4v) is 2.20. The number of aliphatic hydroxyl groups is 1. The molecule has 0 aromatic rings. The second kappa shape index (κ2) is 6.16. The molecule has 2 heterocycles. The standard InChI is InChI=1S/C14H20O4/c1-10-5-3-2-4-6-11-7-8-12(15)13(18-11)9-14(16)17-10/h4,6-8,10-13,15H,2-3,5,9H2,1H3/b6-4+/t10-,11-,12-,13-/m1/s1. The van der Waals surface area contributed by atoms with Gasteiger partial charge in [0, 0.05) is 0 Å². The molecule has 0 aromatic carbocycles. The Labute approximate surface area is 107 Å². The van der Waals surface area contributed by atoms with Crippen LogP contribution in [0.1, 0.15) is 32.6 Å². The fourth-order valence-electron chi connectivity index (χ4n) is 2.20. The predicted molar refractivity (Wildman–Crippen MR) is 67.0 cm³/mol. The molecule has 0 amide bonds. The van der Waals surface area contributed by atoms with Gasteiger partial charge in [-0.3, -0.25) is 4.79 Å². The van der Waals surface area contributed by atoms with E-state index in [4.69, 9.17) is 9.47 Å². The first-order valence-corrected chi connectivity index (χ1v) is 6.53. The van der Waals surface area contributed by atoms with Crippen LogP contribution < -0.4 is 0 Å². The number of rotatable bonds is 0. The molecule has 0 fully saturated rings. The van der Waals surface area contributed by atoms with Gasteiger partial charge in [-0.2, -0.15) is 0 Å². The highest BCUT2D eigenvalue weighted by molar-refractivity contribution is 5.70. The predicted octanol–water partition coefficient (Wildman–Crippen LogP) is 1.73. The van der Waals surface area contributed by atoms with Crippen LogP contribution in [-0.4, -0.2) is 35.5 Å². The van der Waals surface area contributed by atoms with Crippen LogP contribution in [0.25, 0.3) is 0 Å². The van der Waals surface area contributed by atoms with Gasteiger partial charge in [0.05, 0.1) is 30.8 Å². The van der Waals surface area contributed by atoms with Crippen molar-refractivity contribution < 1.29 is 19.4 Å². The molecule has 0 spiro atoms. The highest BCUT2D eigenvalue weighted by atomic mass is 16.5. The van der Waals surface area contributed by atoms with Crippen molar-refractivity contribution in [1.82, 2.24) is 0 Å². The van der Waals surface area contributed by atoms with Crippen molar-refractivity contribution in [3.8, 4) is 0 Å². The van der Waals surface area contributed by atoms with Crippen molar-refractivity contribution in [3.63, 3.8) is 0 Å². The molecule has 2 bridgehead atoms. The van der Waals surface area contributed by atoms with Gasteiger partial charge in [0.25, 0.3) is 0 Å². The van der Waals surface area contributed by atoms with E-state index in [2.05, 4.69) is 6.08 Å². The van der Waals surface area contributed by atoms with E-state index in [-0.39, 0.29) is 24.6 Å². The van der Waals surface area contributed by atoms with E-state index in [1.54, 1.807) is 6.08 Å². The highest BCUT2D eigenvalue weighted by Crippen LogP contribution is 2.19. The van der Waals surface area contributed by atoms with E-state index in [0.717, 1.165) is 19.3 Å². The lowest BCUT2D eigenvalue weighted by atomic mass is 10.0. The number of hydrogen-bond donors (Lipinski definition) is 1. The number of carbonyl (C=O) groups is 1. The first-order valence-electron chi connectivity index (χ1n) is 6.53. The van der Waals surface area contributed by atoms with Gasteiger partial charge in [-0.15, -0.1) is 0 Å². The van der Waals surface area contributed by atoms with Gasteiger partial charge in [-0.1, -0.05) is 24.3 Å². The van der Waals surface area contributed by atoms with Gasteiger partial charge in [0.15, 0.2) is 0 Å². The topological polar surface area (TPSA) is 55.8 Å². The first-order chi connectivity index (χ1) is 8.65. The number of carbonyl (C=O) groups excluding carboxylic acids is 1. The van der Waals surface area contributed by atoms with E-state index < -0.39 is 12.2 Å². The SMILES string of the molecule is C[C@@H]1CCC/C=C/[C@@H]2C=C[C@@H](O)[C@@H](CC(=O)O1)O2. The molecule has 0 saturated carbocycles. The fraction of sp³-hybridized carbons (Fsp3) is 0.643. The van der Waals surface area contributed by atoms with Crippen molar-refractivity contribution in [1.29, 1.82) is 0 Å². The molecule has 0 aromatic heterocycles. The summed E-state index contributed by atoms with van der Waals surface area (Å²) in [6.07, 6.45) is 9.00. The van der Waals surface area contributed by atoms with Gasteiger partial charge < -0.3 is 14.6 Å². The lowest BCUT2D eigenvalue weighted by Crippen LogP contribution is -2.37. The number of ether oxygens (including phenoxy) is 2. The number of cyclic esters (lactones) is 1. The molecule has 4 atom stereocenters. The normalized spacial score (nSPS) is 39.3. The zero-order chi connectivity index (χ0) is 13.0. The van der Waals surface area contributed by atoms with Gasteiger partial charge in [-0.05, 0) is 26.2 Å². The summed E-state index contributed by atoms with van der Waals surface area (Å²) in [7, 11) is 0. The minimum Gasteiger partial charge on any atom is -0.463 e. The van der Waals surface area contributed by atoms with Crippen LogP contribution in [0, 0.1) is 0 Å². The maximum absolute atomic E-state index is 11.7. The van der Waals surface area contributed by atoms with Crippen LogP contribution in [-0.2, 0) is 14.3 Å². The van der Waals surface area contributed by atoms with E-state index in [0.29, 0.717) is 0 Å². The van der Waals surface area contributed by atoms with Crippen LogP contribution in [0.15, 0.2) is 24.3 Å². The van der Waals surface area contributed by atoms with Gasteiger partial charge in [0.2, 0.25) is 0 Å². The number of allylic oxidation sites excluding steroid dienone is 1. The maximum Gasteiger partial charge on any atom is 0.308 e. The number of hydrogen-bond acceptors (Lipinski definition) is 4. The van der Waals surface area contributed by atoms with E-state index in [1.807, 2.05) is 19.1 Å². The number of aliphatic hydroxyl groups excluding tert-OH is 1. The lowest BCUT2D eigenvalue weighted by Gasteiger charge is -2.28. The molecule has 4 heteroatoms. The van der Waals surface area contributed by atoms with Gasteiger partial charge >= 0.3 is 5.97 Å². The molecule has 100 valence electrons. The molecule has 2 rings (SSSR count). The summed E-state index contributed by atoms with van der Waals surface area (Å²) < 4.78 is 10.9. The van der Waals surface area contributed by atoms with Crippen LogP contribution in [0.4, 0.5) is 0 Å². The molecule has 0 radical (unpaired) electrons. The van der Waals surface area contributed by atoms with E-state index >= 15 is 0 Å². The molecular formula is C14H20O4. The lowest BCUT2D eigenvalue weighted by molar-refractivity contribution is -0.154. The largest absolute Gasteiger partial charge is 0.463 e. The van der Waals surface area contributed by atoms with Gasteiger partial charge in [-0.25, -0.2) is 0 Å². The Hall–Kier alpha value is -1.13. The Morgan fingerprint density at radius 1 is 1.33 bits per heavy atom. The average molecular weight is 252 g/mol. The summed E-state index contributed by atoms with van der Waals surface area (Å²) in [5, 5.41) is 9.77. The summed E-state index contributed by atoms with van der Waals surface area (Å²) in [6, 6.07) is 0. The molecular weight excluding hydrogens is 232 g/mol. The quantitative estimate of drug-likeness (QED) is 0.527. The van der Waals surface area contributed by atoms with Crippen LogP contribution in [0.2, 0.25) is 0 Å². The van der Waals surface area contributed by atoms with Gasteiger partial charge in [0.1, 0.15) is 0 Å². The molecule has 4 nitrogen and oxygen atoms in total. The molecule has 2 aliphatic heterocycles. The third-order valence-corrected chi connectivity index (χ3v) is 3.22. The molecule has 0 unspecified atom stereocenters.